The molecule has 1 heterocycles. The highest BCUT2D eigenvalue weighted by molar-refractivity contribution is 5.95. The lowest BCUT2D eigenvalue weighted by Gasteiger charge is -2.28. The zero-order valence-electron chi connectivity index (χ0n) is 14.3. The fourth-order valence-corrected chi connectivity index (χ4v) is 3.07. The van der Waals surface area contributed by atoms with Gasteiger partial charge < -0.3 is 15.3 Å². The number of hydrogen-bond acceptors (Lipinski definition) is 3. The summed E-state index contributed by atoms with van der Waals surface area (Å²) in [5.74, 6) is -1.12. The molecule has 0 spiro atoms. The predicted octanol–water partition coefficient (Wildman–Crippen LogP) is 1.90. The van der Waals surface area contributed by atoms with E-state index in [9.17, 15) is 19.5 Å². The number of hydrogen-bond donors (Lipinski definition) is 2. The standard InChI is InChI=1S/C18H24N2O4/c1-12(2)18(17(23)24)8-9-20(11-18)16(22)15-6-4-14(5-7-15)10-19-13(3)21/h4-7,12H,8-11H2,1-3H3,(H,19,21)(H,23,24). The van der Waals surface area contributed by atoms with Gasteiger partial charge in [-0.3, -0.25) is 14.4 Å². The lowest BCUT2D eigenvalue weighted by Crippen LogP contribution is -2.40. The zero-order chi connectivity index (χ0) is 17.9. The first kappa shape index (κ1) is 18.0. The smallest absolute Gasteiger partial charge is 0.311 e. The van der Waals surface area contributed by atoms with Gasteiger partial charge in [0.1, 0.15) is 0 Å². The molecular weight excluding hydrogens is 308 g/mol. The second-order valence-corrected chi connectivity index (χ2v) is 6.70. The summed E-state index contributed by atoms with van der Waals surface area (Å²) < 4.78 is 0. The Labute approximate surface area is 141 Å². The van der Waals surface area contributed by atoms with Gasteiger partial charge in [0.2, 0.25) is 5.91 Å². The third-order valence-corrected chi connectivity index (χ3v) is 4.86. The van der Waals surface area contributed by atoms with Crippen LogP contribution in [0.25, 0.3) is 0 Å². The topological polar surface area (TPSA) is 86.7 Å². The summed E-state index contributed by atoms with van der Waals surface area (Å²) >= 11 is 0. The maximum Gasteiger partial charge on any atom is 0.311 e. The third-order valence-electron chi connectivity index (χ3n) is 4.86. The van der Waals surface area contributed by atoms with E-state index in [1.807, 2.05) is 13.8 Å². The molecule has 0 radical (unpaired) electrons. The number of carboxylic acids is 1. The SMILES string of the molecule is CC(=O)NCc1ccc(C(=O)N2CCC(C(=O)O)(C(C)C)C2)cc1. The van der Waals surface area contributed by atoms with E-state index in [2.05, 4.69) is 5.32 Å². The van der Waals surface area contributed by atoms with Gasteiger partial charge in [0.05, 0.1) is 5.41 Å². The monoisotopic (exact) mass is 332 g/mol. The molecule has 2 N–H and O–H groups in total. The van der Waals surface area contributed by atoms with Crippen LogP contribution in [0.15, 0.2) is 24.3 Å². The minimum Gasteiger partial charge on any atom is -0.481 e. The van der Waals surface area contributed by atoms with Crippen molar-refractivity contribution >= 4 is 17.8 Å². The van der Waals surface area contributed by atoms with Crippen molar-refractivity contribution in [1.29, 1.82) is 0 Å². The molecule has 2 rings (SSSR count). The Hall–Kier alpha value is -2.37. The van der Waals surface area contributed by atoms with Crippen molar-refractivity contribution in [1.82, 2.24) is 10.2 Å². The molecule has 24 heavy (non-hydrogen) atoms. The van der Waals surface area contributed by atoms with E-state index in [1.165, 1.54) is 6.92 Å². The largest absolute Gasteiger partial charge is 0.481 e. The number of aliphatic carboxylic acids is 1. The molecule has 0 aliphatic carbocycles. The van der Waals surface area contributed by atoms with Crippen molar-refractivity contribution in [3.8, 4) is 0 Å². The molecule has 1 aliphatic heterocycles. The number of carbonyl (C=O) groups excluding carboxylic acids is 2. The van der Waals surface area contributed by atoms with E-state index in [0.717, 1.165) is 5.56 Å². The minimum atomic E-state index is -0.860. The van der Waals surface area contributed by atoms with E-state index < -0.39 is 11.4 Å². The van der Waals surface area contributed by atoms with Crippen LogP contribution in [-0.2, 0) is 16.1 Å². The Bertz CT molecular complexity index is 639. The minimum absolute atomic E-state index is 0.0344. The summed E-state index contributed by atoms with van der Waals surface area (Å²) in [6.45, 7) is 6.35. The molecule has 0 bridgehead atoms. The van der Waals surface area contributed by atoms with Crippen LogP contribution in [-0.4, -0.2) is 40.9 Å². The molecule has 1 fully saturated rings. The van der Waals surface area contributed by atoms with Crippen molar-refractivity contribution in [2.75, 3.05) is 13.1 Å². The van der Waals surface area contributed by atoms with Crippen LogP contribution in [0.2, 0.25) is 0 Å². The van der Waals surface area contributed by atoms with Gasteiger partial charge >= 0.3 is 5.97 Å². The Morgan fingerprint density at radius 1 is 1.25 bits per heavy atom. The summed E-state index contributed by atoms with van der Waals surface area (Å²) in [7, 11) is 0. The number of nitrogens with one attached hydrogen (secondary N) is 1. The normalized spacial score (nSPS) is 20.2. The molecule has 1 aliphatic rings. The summed E-state index contributed by atoms with van der Waals surface area (Å²) in [6, 6.07) is 7.03. The molecule has 1 atom stereocenters. The van der Waals surface area contributed by atoms with E-state index in [1.54, 1.807) is 29.2 Å². The van der Waals surface area contributed by atoms with Crippen molar-refractivity contribution in [3.63, 3.8) is 0 Å². The third kappa shape index (κ3) is 3.58. The van der Waals surface area contributed by atoms with Crippen LogP contribution in [0.4, 0.5) is 0 Å². The van der Waals surface area contributed by atoms with E-state index in [0.29, 0.717) is 25.1 Å². The van der Waals surface area contributed by atoms with Crippen molar-refractivity contribution in [3.05, 3.63) is 35.4 Å². The summed E-state index contributed by atoms with van der Waals surface area (Å²) in [5.41, 5.74) is 0.581. The molecule has 130 valence electrons. The number of carbonyl (C=O) groups is 3. The van der Waals surface area contributed by atoms with Gasteiger partial charge in [-0.1, -0.05) is 26.0 Å². The molecule has 2 amide bonds. The predicted molar refractivity (Wildman–Crippen MR) is 89.4 cm³/mol. The average Bonchev–Trinajstić information content (AvgIpc) is 2.99. The molecule has 1 unspecified atom stereocenters. The molecule has 1 aromatic rings. The number of rotatable bonds is 5. The first-order valence-corrected chi connectivity index (χ1v) is 8.12. The van der Waals surface area contributed by atoms with Crippen LogP contribution in [0, 0.1) is 11.3 Å². The second kappa shape index (κ2) is 7.03. The van der Waals surface area contributed by atoms with Gasteiger partial charge in [0.15, 0.2) is 0 Å². The van der Waals surface area contributed by atoms with Gasteiger partial charge in [-0.2, -0.15) is 0 Å². The van der Waals surface area contributed by atoms with Gasteiger partial charge in [0.25, 0.3) is 5.91 Å². The molecule has 1 aromatic carbocycles. The second-order valence-electron chi connectivity index (χ2n) is 6.70. The van der Waals surface area contributed by atoms with Crippen molar-refractivity contribution in [2.45, 2.75) is 33.7 Å². The van der Waals surface area contributed by atoms with Crippen LogP contribution in [0.3, 0.4) is 0 Å². The molecular formula is C18H24N2O4. The fraction of sp³-hybridized carbons (Fsp3) is 0.500. The molecule has 0 aromatic heterocycles. The Balaban J connectivity index is 2.07. The quantitative estimate of drug-likeness (QED) is 0.862. The van der Waals surface area contributed by atoms with Crippen LogP contribution >= 0.6 is 0 Å². The van der Waals surface area contributed by atoms with Gasteiger partial charge in [-0.25, -0.2) is 0 Å². The summed E-state index contributed by atoms with van der Waals surface area (Å²) in [5, 5.41) is 12.3. The zero-order valence-corrected chi connectivity index (χ0v) is 14.3. The van der Waals surface area contributed by atoms with E-state index >= 15 is 0 Å². The fourth-order valence-electron chi connectivity index (χ4n) is 3.07. The van der Waals surface area contributed by atoms with Crippen LogP contribution < -0.4 is 5.32 Å². The lowest BCUT2D eigenvalue weighted by molar-refractivity contribution is -0.150. The van der Waals surface area contributed by atoms with E-state index in [4.69, 9.17) is 0 Å². The summed E-state index contributed by atoms with van der Waals surface area (Å²) in [4.78, 5) is 36.8. The van der Waals surface area contributed by atoms with Crippen molar-refractivity contribution in [2.24, 2.45) is 11.3 Å². The Kier molecular flexibility index (Phi) is 5.26. The number of likely N-dealkylation sites (tertiary alicyclic amines) is 1. The molecule has 0 saturated carbocycles. The molecule has 1 saturated heterocycles. The maximum absolute atomic E-state index is 12.6. The first-order valence-electron chi connectivity index (χ1n) is 8.12. The van der Waals surface area contributed by atoms with Crippen LogP contribution in [0.1, 0.15) is 43.1 Å². The highest BCUT2D eigenvalue weighted by Crippen LogP contribution is 2.38. The first-order chi connectivity index (χ1) is 11.3. The maximum atomic E-state index is 12.6. The number of nitrogens with zero attached hydrogens (tertiary/aromatic N) is 1. The van der Waals surface area contributed by atoms with E-state index in [-0.39, 0.29) is 24.3 Å². The number of amides is 2. The number of benzene rings is 1. The molecule has 6 nitrogen and oxygen atoms in total. The average molecular weight is 332 g/mol. The molecule has 6 heteroatoms. The van der Waals surface area contributed by atoms with Crippen LogP contribution in [0.5, 0.6) is 0 Å². The highest BCUT2D eigenvalue weighted by atomic mass is 16.4. The Morgan fingerprint density at radius 2 is 1.88 bits per heavy atom. The summed E-state index contributed by atoms with van der Waals surface area (Å²) in [6.07, 6.45) is 0.479. The lowest BCUT2D eigenvalue weighted by atomic mass is 9.76. The van der Waals surface area contributed by atoms with Gasteiger partial charge in [-0.05, 0) is 30.0 Å². The number of carboxylic acid groups (broad SMARTS) is 1. The van der Waals surface area contributed by atoms with Gasteiger partial charge in [0, 0.05) is 32.1 Å². The van der Waals surface area contributed by atoms with Gasteiger partial charge in [-0.15, -0.1) is 0 Å². The Morgan fingerprint density at radius 3 is 2.33 bits per heavy atom. The highest BCUT2D eigenvalue weighted by Gasteiger charge is 2.48. The van der Waals surface area contributed by atoms with Crippen molar-refractivity contribution < 1.29 is 19.5 Å².